The van der Waals surface area contributed by atoms with Crippen molar-refractivity contribution in [3.05, 3.63) is 24.3 Å². The smallest absolute Gasteiger partial charge is 0.244 e. The fourth-order valence-electron chi connectivity index (χ4n) is 2.23. The van der Waals surface area contributed by atoms with Gasteiger partial charge in [0.05, 0.1) is 4.90 Å². The predicted octanol–water partition coefficient (Wildman–Crippen LogP) is 1.31. The summed E-state index contributed by atoms with van der Waals surface area (Å²) in [7, 11) is -3.76. The third-order valence-corrected chi connectivity index (χ3v) is 4.35. The maximum Gasteiger partial charge on any atom is 0.244 e. The molecular formula is C15H23N3O4S. The van der Waals surface area contributed by atoms with Crippen molar-refractivity contribution in [2.24, 2.45) is 5.14 Å². The van der Waals surface area contributed by atoms with Gasteiger partial charge in [0.1, 0.15) is 6.54 Å². The highest BCUT2D eigenvalue weighted by atomic mass is 32.2. The molecule has 0 fully saturated rings. The lowest BCUT2D eigenvalue weighted by Crippen LogP contribution is -2.42. The Balaban J connectivity index is 2.73. The van der Waals surface area contributed by atoms with Gasteiger partial charge in [0.15, 0.2) is 0 Å². The molecule has 1 atom stereocenters. The number of benzene rings is 1. The van der Waals surface area contributed by atoms with E-state index in [-0.39, 0.29) is 29.3 Å². The average Bonchev–Trinajstić information content (AvgIpc) is 2.44. The number of amides is 2. The van der Waals surface area contributed by atoms with Gasteiger partial charge >= 0.3 is 0 Å². The van der Waals surface area contributed by atoms with Crippen LogP contribution in [0, 0.1) is 0 Å². The van der Waals surface area contributed by atoms with Gasteiger partial charge in [-0.05, 0) is 37.6 Å². The Morgan fingerprint density at radius 3 is 2.26 bits per heavy atom. The molecule has 1 aromatic rings. The molecule has 1 aromatic carbocycles. The molecule has 0 aliphatic carbocycles. The minimum Gasteiger partial charge on any atom is -0.331 e. The van der Waals surface area contributed by atoms with Crippen LogP contribution in [0.25, 0.3) is 0 Å². The van der Waals surface area contributed by atoms with E-state index in [2.05, 4.69) is 5.32 Å². The Morgan fingerprint density at radius 1 is 1.26 bits per heavy atom. The van der Waals surface area contributed by atoms with Crippen LogP contribution in [0.4, 0.5) is 5.69 Å². The molecule has 0 saturated carbocycles. The minimum absolute atomic E-state index is 0.0204. The highest BCUT2D eigenvalue weighted by Crippen LogP contribution is 2.13. The standard InChI is InChI=1S/C15H23N3O4S/c1-4-5-11(2)18(12(3)19)10-15(20)17-13-6-8-14(9-7-13)23(16,21)22/h6-9,11H,4-5,10H2,1-3H3,(H,17,20)(H2,16,21,22)/t11-/m1/s1. The Bertz CT molecular complexity index is 656. The minimum atomic E-state index is -3.76. The highest BCUT2D eigenvalue weighted by Gasteiger charge is 2.19. The van der Waals surface area contributed by atoms with Gasteiger partial charge in [0.2, 0.25) is 21.8 Å². The van der Waals surface area contributed by atoms with Crippen molar-refractivity contribution in [1.82, 2.24) is 4.90 Å². The van der Waals surface area contributed by atoms with E-state index in [0.29, 0.717) is 5.69 Å². The van der Waals surface area contributed by atoms with Gasteiger partial charge in [0, 0.05) is 18.7 Å². The van der Waals surface area contributed by atoms with Crippen molar-refractivity contribution in [2.45, 2.75) is 44.6 Å². The molecule has 0 heterocycles. The summed E-state index contributed by atoms with van der Waals surface area (Å²) in [5.74, 6) is -0.503. The van der Waals surface area contributed by atoms with Gasteiger partial charge < -0.3 is 10.2 Å². The quantitative estimate of drug-likeness (QED) is 0.779. The Kier molecular flexibility index (Phi) is 6.71. The Labute approximate surface area is 136 Å². The molecule has 0 radical (unpaired) electrons. The van der Waals surface area contributed by atoms with E-state index in [0.717, 1.165) is 12.8 Å². The number of hydrogen-bond acceptors (Lipinski definition) is 4. The molecule has 0 aliphatic rings. The fraction of sp³-hybridized carbons (Fsp3) is 0.467. The molecule has 7 nitrogen and oxygen atoms in total. The van der Waals surface area contributed by atoms with E-state index in [1.165, 1.54) is 36.1 Å². The predicted molar refractivity (Wildman–Crippen MR) is 88.2 cm³/mol. The van der Waals surface area contributed by atoms with Crippen LogP contribution in [0.15, 0.2) is 29.2 Å². The van der Waals surface area contributed by atoms with Crippen LogP contribution in [0.3, 0.4) is 0 Å². The van der Waals surface area contributed by atoms with Crippen LogP contribution in [0.1, 0.15) is 33.6 Å². The Hall–Kier alpha value is -1.93. The van der Waals surface area contributed by atoms with Crippen molar-refractivity contribution in [3.8, 4) is 0 Å². The monoisotopic (exact) mass is 341 g/mol. The molecule has 0 spiro atoms. The lowest BCUT2D eigenvalue weighted by Gasteiger charge is -2.27. The number of sulfonamides is 1. The van der Waals surface area contributed by atoms with Gasteiger partial charge in [-0.2, -0.15) is 0 Å². The van der Waals surface area contributed by atoms with Crippen LogP contribution in [-0.4, -0.2) is 37.7 Å². The number of carbonyl (C=O) groups excluding carboxylic acids is 2. The molecule has 8 heteroatoms. The molecule has 2 amide bonds. The van der Waals surface area contributed by atoms with Crippen molar-refractivity contribution in [1.29, 1.82) is 0 Å². The zero-order chi connectivity index (χ0) is 17.6. The van der Waals surface area contributed by atoms with E-state index in [9.17, 15) is 18.0 Å². The molecule has 0 aliphatic heterocycles. The van der Waals surface area contributed by atoms with E-state index < -0.39 is 10.0 Å². The molecule has 1 rings (SSSR count). The third kappa shape index (κ3) is 5.99. The van der Waals surface area contributed by atoms with Crippen molar-refractivity contribution in [3.63, 3.8) is 0 Å². The number of carbonyl (C=O) groups is 2. The largest absolute Gasteiger partial charge is 0.331 e. The number of rotatable bonds is 7. The number of anilines is 1. The zero-order valence-corrected chi connectivity index (χ0v) is 14.4. The third-order valence-electron chi connectivity index (χ3n) is 3.42. The van der Waals surface area contributed by atoms with Gasteiger partial charge in [-0.3, -0.25) is 9.59 Å². The second-order valence-electron chi connectivity index (χ2n) is 5.40. The first-order valence-electron chi connectivity index (χ1n) is 7.35. The van der Waals surface area contributed by atoms with Gasteiger partial charge in [-0.25, -0.2) is 13.6 Å². The van der Waals surface area contributed by atoms with Crippen molar-refractivity contribution >= 4 is 27.5 Å². The first-order valence-corrected chi connectivity index (χ1v) is 8.89. The second-order valence-corrected chi connectivity index (χ2v) is 6.96. The van der Waals surface area contributed by atoms with Crippen molar-refractivity contribution in [2.75, 3.05) is 11.9 Å². The molecule has 0 unspecified atom stereocenters. The second kappa shape index (κ2) is 8.07. The maximum atomic E-state index is 12.1. The summed E-state index contributed by atoms with van der Waals surface area (Å²) in [6, 6.07) is 5.50. The maximum absolute atomic E-state index is 12.1. The van der Waals surface area contributed by atoms with E-state index >= 15 is 0 Å². The molecule has 3 N–H and O–H groups in total. The SMILES string of the molecule is CCC[C@@H](C)N(CC(=O)Nc1ccc(S(N)(=O)=O)cc1)C(C)=O. The molecule has 23 heavy (non-hydrogen) atoms. The summed E-state index contributed by atoms with van der Waals surface area (Å²) >= 11 is 0. The topological polar surface area (TPSA) is 110 Å². The summed E-state index contributed by atoms with van der Waals surface area (Å²) in [6.45, 7) is 5.30. The fourth-order valence-corrected chi connectivity index (χ4v) is 2.75. The summed E-state index contributed by atoms with van der Waals surface area (Å²) in [5, 5.41) is 7.64. The van der Waals surface area contributed by atoms with E-state index in [1.807, 2.05) is 13.8 Å². The normalized spacial score (nSPS) is 12.5. The zero-order valence-electron chi connectivity index (χ0n) is 13.6. The van der Waals surface area contributed by atoms with Gasteiger partial charge in [-0.1, -0.05) is 13.3 Å². The molecule has 0 saturated heterocycles. The number of nitrogens with one attached hydrogen (secondary N) is 1. The molecular weight excluding hydrogens is 318 g/mol. The number of hydrogen-bond donors (Lipinski definition) is 2. The van der Waals surface area contributed by atoms with Gasteiger partial charge in [0.25, 0.3) is 0 Å². The Morgan fingerprint density at radius 2 is 1.83 bits per heavy atom. The van der Waals surface area contributed by atoms with Crippen LogP contribution >= 0.6 is 0 Å². The lowest BCUT2D eigenvalue weighted by atomic mass is 10.1. The average molecular weight is 341 g/mol. The molecule has 128 valence electrons. The van der Waals surface area contributed by atoms with Crippen LogP contribution < -0.4 is 10.5 Å². The van der Waals surface area contributed by atoms with Crippen LogP contribution in [0.5, 0.6) is 0 Å². The highest BCUT2D eigenvalue weighted by molar-refractivity contribution is 7.89. The van der Waals surface area contributed by atoms with Crippen LogP contribution in [-0.2, 0) is 19.6 Å². The first-order chi connectivity index (χ1) is 10.6. The summed E-state index contributed by atoms with van der Waals surface area (Å²) in [5.41, 5.74) is 0.439. The van der Waals surface area contributed by atoms with Gasteiger partial charge in [-0.15, -0.1) is 0 Å². The van der Waals surface area contributed by atoms with Crippen molar-refractivity contribution < 1.29 is 18.0 Å². The summed E-state index contributed by atoms with van der Waals surface area (Å²) in [6.07, 6.45) is 1.73. The molecule has 0 bridgehead atoms. The first kappa shape index (κ1) is 19.1. The van der Waals surface area contributed by atoms with E-state index in [4.69, 9.17) is 5.14 Å². The number of nitrogens with two attached hydrogens (primary N) is 1. The van der Waals surface area contributed by atoms with Crippen LogP contribution in [0.2, 0.25) is 0 Å². The summed E-state index contributed by atoms with van der Waals surface area (Å²) < 4.78 is 22.3. The number of nitrogens with zero attached hydrogens (tertiary/aromatic N) is 1. The summed E-state index contributed by atoms with van der Waals surface area (Å²) in [4.78, 5) is 25.2. The lowest BCUT2D eigenvalue weighted by molar-refractivity contribution is -0.134. The number of primary sulfonamides is 1. The molecule has 0 aromatic heterocycles. The van der Waals surface area contributed by atoms with E-state index in [1.54, 1.807) is 0 Å².